The highest BCUT2D eigenvalue weighted by Gasteiger charge is 2.28. The molecule has 0 radical (unpaired) electrons. The van der Waals surface area contributed by atoms with Crippen molar-refractivity contribution in [1.29, 1.82) is 0 Å². The Morgan fingerprint density at radius 2 is 1.47 bits per heavy atom. The summed E-state index contributed by atoms with van der Waals surface area (Å²) in [6.07, 6.45) is -0.338. The lowest BCUT2D eigenvalue weighted by molar-refractivity contribution is 0.0240. The van der Waals surface area contributed by atoms with Crippen LogP contribution in [0.2, 0.25) is 0 Å². The second-order valence-corrected chi connectivity index (χ2v) is 9.19. The molecule has 0 aromatic carbocycles. The van der Waals surface area contributed by atoms with Crippen LogP contribution in [0.5, 0.6) is 0 Å². The number of hydrogen-bond donors (Lipinski definition) is 0. The van der Waals surface area contributed by atoms with Crippen molar-refractivity contribution in [2.75, 3.05) is 93.4 Å². The monoisotopic (exact) mass is 503 g/mol. The lowest BCUT2D eigenvalue weighted by Crippen LogP contribution is -2.50. The van der Waals surface area contributed by atoms with E-state index >= 15 is 0 Å². The summed E-state index contributed by atoms with van der Waals surface area (Å²) < 4.78 is 11.0. The van der Waals surface area contributed by atoms with Crippen LogP contribution in [-0.4, -0.2) is 110 Å². The third kappa shape index (κ3) is 7.90. The Balaban J connectivity index is 1.83. The summed E-state index contributed by atoms with van der Waals surface area (Å²) >= 11 is 0. The lowest BCUT2D eigenvalue weighted by atomic mass is 10.2. The molecular weight excluding hydrogens is 470 g/mol. The maximum absolute atomic E-state index is 12.5. The number of piperazine rings is 1. The van der Waals surface area contributed by atoms with Gasteiger partial charge in [0.25, 0.3) is 0 Å². The van der Waals surface area contributed by atoms with Gasteiger partial charge in [-0.05, 0) is 31.8 Å². The molecule has 16 nitrogen and oxygen atoms in total. The third-order valence-electron chi connectivity index (χ3n) is 5.46. The molecule has 36 heavy (non-hydrogen) atoms. The van der Waals surface area contributed by atoms with E-state index in [1.54, 1.807) is 4.90 Å². The first-order valence-corrected chi connectivity index (χ1v) is 11.9. The van der Waals surface area contributed by atoms with Gasteiger partial charge in [0.1, 0.15) is 5.60 Å². The number of morpholine rings is 1. The van der Waals surface area contributed by atoms with Crippen LogP contribution in [0.4, 0.5) is 22.6 Å². The molecule has 0 N–H and O–H groups in total. The molecule has 16 heteroatoms. The fourth-order valence-electron chi connectivity index (χ4n) is 3.68. The molecule has 2 saturated heterocycles. The topological polar surface area (TPSA) is 185 Å². The van der Waals surface area contributed by atoms with Gasteiger partial charge in [-0.15, -0.1) is 0 Å². The molecule has 0 spiro atoms. The molecule has 2 aliphatic heterocycles. The van der Waals surface area contributed by atoms with Crippen LogP contribution >= 0.6 is 0 Å². The summed E-state index contributed by atoms with van der Waals surface area (Å²) in [7, 11) is 0. The zero-order valence-corrected chi connectivity index (χ0v) is 21.0. The van der Waals surface area contributed by atoms with Gasteiger partial charge in [0, 0.05) is 75.3 Å². The van der Waals surface area contributed by atoms with Gasteiger partial charge < -0.3 is 29.1 Å². The zero-order chi connectivity index (χ0) is 26.0. The lowest BCUT2D eigenvalue weighted by Gasteiger charge is -2.36. The molecule has 0 unspecified atom stereocenters. The van der Waals surface area contributed by atoms with Crippen molar-refractivity contribution in [3.63, 3.8) is 0 Å². The van der Waals surface area contributed by atoms with Gasteiger partial charge in [-0.25, -0.2) is 4.79 Å². The molecule has 0 bridgehead atoms. The van der Waals surface area contributed by atoms with Gasteiger partial charge in [-0.1, -0.05) is 10.2 Å². The maximum Gasteiger partial charge on any atom is 0.410 e. The van der Waals surface area contributed by atoms with Crippen LogP contribution < -0.4 is 14.7 Å². The van der Waals surface area contributed by atoms with E-state index in [0.29, 0.717) is 83.4 Å². The summed E-state index contributed by atoms with van der Waals surface area (Å²) in [6, 6.07) is 0. The Kier molecular flexibility index (Phi) is 9.56. The summed E-state index contributed by atoms with van der Waals surface area (Å²) in [5, 5.41) is 7.24. The average Bonchev–Trinajstić information content (AvgIpc) is 2.87. The fraction of sp³-hybridized carbons (Fsp3) is 0.800. The first-order chi connectivity index (χ1) is 17.3. The van der Waals surface area contributed by atoms with E-state index in [2.05, 4.69) is 25.0 Å². The molecule has 2 aliphatic rings. The Bertz CT molecular complexity index is 952. The standard InChI is InChI=1S/C20H33N13O3/c1-20(2,3)36-19(34)33-10-8-31(9-11-33)17-25-16(26-18(27-17)32-12-14-35-15-13-32)30(6-4-23-28-21)7-5-24-29-22/h4-15H2,1-3H3. The highest BCUT2D eigenvalue weighted by molar-refractivity contribution is 5.68. The number of carbonyl (C=O) groups excluding carboxylic acids is 1. The number of amides is 1. The smallest absolute Gasteiger partial charge is 0.410 e. The van der Waals surface area contributed by atoms with Crippen LogP contribution in [0.3, 0.4) is 0 Å². The molecule has 3 heterocycles. The minimum absolute atomic E-state index is 0.204. The second-order valence-electron chi connectivity index (χ2n) is 9.19. The van der Waals surface area contributed by atoms with Crippen molar-refractivity contribution >= 4 is 23.9 Å². The SMILES string of the molecule is CC(C)(C)OC(=O)N1CCN(c2nc(N(CCN=[N+]=[N-])CCN=[N+]=[N-])nc(N3CCOCC3)n2)CC1. The molecule has 0 aliphatic carbocycles. The van der Waals surface area contributed by atoms with Gasteiger partial charge in [0.2, 0.25) is 17.8 Å². The molecule has 196 valence electrons. The first-order valence-electron chi connectivity index (χ1n) is 11.9. The minimum Gasteiger partial charge on any atom is -0.444 e. The maximum atomic E-state index is 12.5. The number of carbonyl (C=O) groups is 1. The predicted octanol–water partition coefficient (Wildman–Crippen LogP) is 2.19. The summed E-state index contributed by atoms with van der Waals surface area (Å²) in [5.74, 6) is 1.41. The van der Waals surface area contributed by atoms with Crippen molar-refractivity contribution < 1.29 is 14.3 Å². The highest BCUT2D eigenvalue weighted by Crippen LogP contribution is 2.22. The van der Waals surface area contributed by atoms with Crippen LogP contribution in [0, 0.1) is 0 Å². The second kappa shape index (κ2) is 12.8. The Morgan fingerprint density at radius 1 is 0.944 bits per heavy atom. The van der Waals surface area contributed by atoms with Gasteiger partial charge >= 0.3 is 6.09 Å². The molecular formula is C20H33N13O3. The van der Waals surface area contributed by atoms with Crippen molar-refractivity contribution in [2.45, 2.75) is 26.4 Å². The van der Waals surface area contributed by atoms with Crippen molar-refractivity contribution in [3.8, 4) is 0 Å². The average molecular weight is 504 g/mol. The number of hydrogen-bond acceptors (Lipinski definition) is 11. The quantitative estimate of drug-likeness (QED) is 0.277. The number of aromatic nitrogens is 3. The van der Waals surface area contributed by atoms with Gasteiger partial charge in [-0.2, -0.15) is 15.0 Å². The Morgan fingerprint density at radius 3 is 1.97 bits per heavy atom. The number of ether oxygens (including phenoxy) is 2. The first kappa shape index (κ1) is 26.9. The Hall–Kier alpha value is -3.74. The molecule has 0 saturated carbocycles. The van der Waals surface area contributed by atoms with Crippen LogP contribution in [0.25, 0.3) is 20.9 Å². The summed E-state index contributed by atoms with van der Waals surface area (Å²) in [6.45, 7) is 11.1. The molecule has 3 rings (SSSR count). The van der Waals surface area contributed by atoms with E-state index < -0.39 is 5.60 Å². The number of nitrogens with zero attached hydrogens (tertiary/aromatic N) is 13. The van der Waals surface area contributed by atoms with Crippen molar-refractivity contribution in [3.05, 3.63) is 20.9 Å². The highest BCUT2D eigenvalue weighted by atomic mass is 16.6. The number of rotatable bonds is 9. The van der Waals surface area contributed by atoms with E-state index in [1.165, 1.54) is 0 Å². The van der Waals surface area contributed by atoms with Crippen molar-refractivity contribution in [1.82, 2.24) is 19.9 Å². The fourth-order valence-corrected chi connectivity index (χ4v) is 3.68. The van der Waals surface area contributed by atoms with Gasteiger partial charge in [0.05, 0.1) is 13.2 Å². The van der Waals surface area contributed by atoms with E-state index in [4.69, 9.17) is 30.5 Å². The van der Waals surface area contributed by atoms with Crippen LogP contribution in [-0.2, 0) is 9.47 Å². The molecule has 2 fully saturated rings. The van der Waals surface area contributed by atoms with Gasteiger partial charge in [0.15, 0.2) is 0 Å². The minimum atomic E-state index is -0.557. The molecule has 1 aromatic rings. The third-order valence-corrected chi connectivity index (χ3v) is 5.46. The summed E-state index contributed by atoms with van der Waals surface area (Å²) in [5.41, 5.74) is 16.8. The predicted molar refractivity (Wildman–Crippen MR) is 133 cm³/mol. The van der Waals surface area contributed by atoms with E-state index in [0.717, 1.165) is 0 Å². The van der Waals surface area contributed by atoms with Gasteiger partial charge in [-0.3, -0.25) is 0 Å². The van der Waals surface area contributed by atoms with Crippen molar-refractivity contribution in [2.24, 2.45) is 10.2 Å². The molecule has 0 atom stereocenters. The van der Waals surface area contributed by atoms with E-state index in [-0.39, 0.29) is 19.2 Å². The number of anilines is 3. The van der Waals surface area contributed by atoms with Crippen LogP contribution in [0.1, 0.15) is 20.8 Å². The zero-order valence-electron chi connectivity index (χ0n) is 21.0. The van der Waals surface area contributed by atoms with E-state index in [1.807, 2.05) is 35.5 Å². The normalized spacial score (nSPS) is 16.1. The summed E-state index contributed by atoms with van der Waals surface area (Å²) in [4.78, 5) is 39.8. The number of azide groups is 2. The Labute approximate surface area is 209 Å². The van der Waals surface area contributed by atoms with Crippen LogP contribution in [0.15, 0.2) is 10.2 Å². The molecule has 1 amide bonds. The largest absolute Gasteiger partial charge is 0.444 e. The van der Waals surface area contributed by atoms with E-state index in [9.17, 15) is 4.79 Å². The molecule has 1 aromatic heterocycles.